The number of hydrogen-bond donors (Lipinski definition) is 2. The summed E-state index contributed by atoms with van der Waals surface area (Å²) in [4.78, 5) is 16.9. The second kappa shape index (κ2) is 6.91. The zero-order valence-electron chi connectivity index (χ0n) is 7.97. The van der Waals surface area contributed by atoms with E-state index in [2.05, 4.69) is 16.7 Å². The number of rotatable bonds is 6. The quantitative estimate of drug-likeness (QED) is 0.564. The molecule has 0 saturated carbocycles. The molecule has 0 aliphatic heterocycles. The van der Waals surface area contributed by atoms with Gasteiger partial charge >= 0.3 is 8.60 Å². The van der Waals surface area contributed by atoms with Crippen LogP contribution in [0.15, 0.2) is 30.3 Å². The van der Waals surface area contributed by atoms with Crippen LogP contribution in [0.2, 0.25) is 0 Å². The highest BCUT2D eigenvalue weighted by atomic mass is 31.2. The van der Waals surface area contributed by atoms with Crippen LogP contribution in [0.1, 0.15) is 18.4 Å². The fourth-order valence-electron chi connectivity index (χ4n) is 1.22. The minimum Gasteiger partial charge on any atom is -0.328 e. The zero-order chi connectivity index (χ0) is 10.2. The van der Waals surface area contributed by atoms with Crippen LogP contribution in [0.25, 0.3) is 0 Å². The molecule has 14 heavy (non-hydrogen) atoms. The second-order valence-electron chi connectivity index (χ2n) is 3.03. The molecule has 3 nitrogen and oxygen atoms in total. The summed E-state index contributed by atoms with van der Waals surface area (Å²) in [6, 6.07) is 10.2. The molecule has 0 aliphatic rings. The third-order valence-electron chi connectivity index (χ3n) is 1.91. The van der Waals surface area contributed by atoms with Gasteiger partial charge in [0.15, 0.2) is 0 Å². The van der Waals surface area contributed by atoms with E-state index in [1.165, 1.54) is 5.56 Å². The van der Waals surface area contributed by atoms with Crippen molar-refractivity contribution in [1.29, 1.82) is 0 Å². The topological polar surface area (TPSA) is 49.7 Å². The van der Waals surface area contributed by atoms with Crippen LogP contribution >= 0.6 is 8.60 Å². The van der Waals surface area contributed by atoms with E-state index in [1.807, 2.05) is 18.2 Å². The van der Waals surface area contributed by atoms with E-state index < -0.39 is 8.60 Å². The summed E-state index contributed by atoms with van der Waals surface area (Å²) in [5, 5.41) is 0. The highest BCUT2D eigenvalue weighted by Crippen LogP contribution is 2.24. The molecule has 1 rings (SSSR count). The monoisotopic (exact) mass is 214 g/mol. The lowest BCUT2D eigenvalue weighted by atomic mass is 10.1. The Hall–Kier alpha value is -0.470. The van der Waals surface area contributed by atoms with Crippen LogP contribution in [0.3, 0.4) is 0 Å². The van der Waals surface area contributed by atoms with Gasteiger partial charge in [-0.2, -0.15) is 0 Å². The number of unbranched alkanes of at least 4 members (excludes halogenated alkanes) is 1. The summed E-state index contributed by atoms with van der Waals surface area (Å²) >= 11 is 0. The fraction of sp³-hybridized carbons (Fsp3) is 0.400. The minimum atomic E-state index is -2.17. The summed E-state index contributed by atoms with van der Waals surface area (Å²) in [5.41, 5.74) is 1.31. The number of hydrogen-bond acceptors (Lipinski definition) is 3. The molecule has 78 valence electrons. The van der Waals surface area contributed by atoms with Crippen LogP contribution in [-0.2, 0) is 10.9 Å². The van der Waals surface area contributed by atoms with Gasteiger partial charge in [0.1, 0.15) is 0 Å². The molecule has 0 fully saturated rings. The van der Waals surface area contributed by atoms with E-state index in [-0.39, 0.29) is 0 Å². The molecular weight excluding hydrogens is 199 g/mol. The lowest BCUT2D eigenvalue weighted by Crippen LogP contribution is -1.91. The maximum Gasteiger partial charge on any atom is 0.327 e. The third kappa shape index (κ3) is 5.30. The van der Waals surface area contributed by atoms with Gasteiger partial charge in [0.25, 0.3) is 0 Å². The normalized spacial score (nSPS) is 10.8. The molecule has 0 radical (unpaired) electrons. The predicted molar refractivity (Wildman–Crippen MR) is 56.7 cm³/mol. The third-order valence-corrected chi connectivity index (χ3v) is 2.32. The maximum atomic E-state index is 8.47. The van der Waals surface area contributed by atoms with Crippen molar-refractivity contribution in [1.82, 2.24) is 0 Å². The van der Waals surface area contributed by atoms with E-state index in [0.29, 0.717) is 6.61 Å². The molecule has 0 atom stereocenters. The zero-order valence-corrected chi connectivity index (χ0v) is 8.86. The average molecular weight is 214 g/mol. The van der Waals surface area contributed by atoms with Crippen LogP contribution in [0.4, 0.5) is 0 Å². The van der Waals surface area contributed by atoms with E-state index in [9.17, 15) is 0 Å². The van der Waals surface area contributed by atoms with Gasteiger partial charge in [-0.15, -0.1) is 0 Å². The van der Waals surface area contributed by atoms with Crippen LogP contribution < -0.4 is 0 Å². The van der Waals surface area contributed by atoms with Crippen LogP contribution in [0.5, 0.6) is 0 Å². The Morgan fingerprint density at radius 3 is 2.43 bits per heavy atom. The number of benzene rings is 1. The first-order valence-corrected chi connectivity index (χ1v) is 5.80. The minimum absolute atomic E-state index is 0.422. The highest BCUT2D eigenvalue weighted by Gasteiger charge is 1.98. The van der Waals surface area contributed by atoms with Gasteiger partial charge in [0, 0.05) is 0 Å². The Morgan fingerprint density at radius 2 is 1.79 bits per heavy atom. The van der Waals surface area contributed by atoms with Crippen molar-refractivity contribution in [3.8, 4) is 0 Å². The van der Waals surface area contributed by atoms with E-state index in [4.69, 9.17) is 9.79 Å². The summed E-state index contributed by atoms with van der Waals surface area (Å²) in [5.74, 6) is 0. The molecule has 0 bridgehead atoms. The molecule has 0 aliphatic carbocycles. The van der Waals surface area contributed by atoms with Crippen molar-refractivity contribution in [3.05, 3.63) is 35.9 Å². The Morgan fingerprint density at radius 1 is 1.07 bits per heavy atom. The molecule has 2 N–H and O–H groups in total. The van der Waals surface area contributed by atoms with Crippen molar-refractivity contribution >= 4 is 8.60 Å². The summed E-state index contributed by atoms with van der Waals surface area (Å²) in [6.07, 6.45) is 2.88. The molecule has 0 aromatic heterocycles. The fourth-order valence-corrected chi connectivity index (χ4v) is 1.51. The lowest BCUT2D eigenvalue weighted by Gasteiger charge is -2.03. The standard InChI is InChI=1S/C10H15O3P/c11-14(12)13-9-5-4-8-10-6-2-1-3-7-10/h1-3,6-7,11-12H,4-5,8-9H2. The Bertz CT molecular complexity index is 238. The first-order valence-electron chi connectivity index (χ1n) is 4.64. The second-order valence-corrected chi connectivity index (χ2v) is 3.79. The molecular formula is C10H15O3P. The van der Waals surface area contributed by atoms with Gasteiger partial charge < -0.3 is 14.3 Å². The number of aryl methyl sites for hydroxylation is 1. The van der Waals surface area contributed by atoms with Crippen LogP contribution in [-0.4, -0.2) is 16.4 Å². The smallest absolute Gasteiger partial charge is 0.327 e. The average Bonchev–Trinajstić information content (AvgIpc) is 2.18. The molecule has 0 spiro atoms. The highest BCUT2D eigenvalue weighted by molar-refractivity contribution is 7.39. The van der Waals surface area contributed by atoms with Crippen molar-refractivity contribution < 1.29 is 14.3 Å². The Balaban J connectivity index is 2.05. The molecule has 1 aromatic carbocycles. The molecule has 0 amide bonds. The lowest BCUT2D eigenvalue weighted by molar-refractivity contribution is 0.249. The molecule has 1 aromatic rings. The van der Waals surface area contributed by atoms with Gasteiger partial charge in [-0.3, -0.25) is 0 Å². The first-order chi connectivity index (χ1) is 6.79. The van der Waals surface area contributed by atoms with Crippen LogP contribution in [0, 0.1) is 0 Å². The van der Waals surface area contributed by atoms with Gasteiger partial charge in [0.05, 0.1) is 6.61 Å². The van der Waals surface area contributed by atoms with Crippen molar-refractivity contribution in [2.75, 3.05) is 6.61 Å². The maximum absolute atomic E-state index is 8.47. The largest absolute Gasteiger partial charge is 0.328 e. The Kier molecular flexibility index (Phi) is 5.72. The van der Waals surface area contributed by atoms with Gasteiger partial charge in [-0.1, -0.05) is 30.3 Å². The summed E-state index contributed by atoms with van der Waals surface area (Å²) < 4.78 is 4.66. The molecule has 4 heteroatoms. The summed E-state index contributed by atoms with van der Waals surface area (Å²) in [6.45, 7) is 0.422. The predicted octanol–water partition coefficient (Wildman–Crippen LogP) is 2.24. The first kappa shape index (κ1) is 11.6. The summed E-state index contributed by atoms with van der Waals surface area (Å²) in [7, 11) is -2.17. The van der Waals surface area contributed by atoms with E-state index in [0.717, 1.165) is 19.3 Å². The Labute approximate surface area is 85.4 Å². The molecule has 0 saturated heterocycles. The molecule has 0 unspecified atom stereocenters. The molecule has 0 heterocycles. The van der Waals surface area contributed by atoms with E-state index in [1.54, 1.807) is 0 Å². The SMILES string of the molecule is OP(O)OCCCCc1ccccc1. The van der Waals surface area contributed by atoms with Crippen molar-refractivity contribution in [2.24, 2.45) is 0 Å². The van der Waals surface area contributed by atoms with Gasteiger partial charge in [-0.05, 0) is 24.8 Å². The van der Waals surface area contributed by atoms with Gasteiger partial charge in [0.2, 0.25) is 0 Å². The van der Waals surface area contributed by atoms with Crippen molar-refractivity contribution in [2.45, 2.75) is 19.3 Å². The van der Waals surface area contributed by atoms with Gasteiger partial charge in [-0.25, -0.2) is 0 Å². The van der Waals surface area contributed by atoms with E-state index >= 15 is 0 Å². The van der Waals surface area contributed by atoms with Crippen molar-refractivity contribution in [3.63, 3.8) is 0 Å².